The molecule has 1 aliphatic heterocycles. The van der Waals surface area contributed by atoms with Crippen LogP contribution in [0.2, 0.25) is 0 Å². The van der Waals surface area contributed by atoms with Crippen LogP contribution < -0.4 is 0 Å². The molecule has 1 aromatic carbocycles. The number of halogens is 1. The predicted octanol–water partition coefficient (Wildman–Crippen LogP) is 7.15. The number of aryl methyl sites for hydroxylation is 1. The summed E-state index contributed by atoms with van der Waals surface area (Å²) >= 11 is 3.77. The van der Waals surface area contributed by atoms with Gasteiger partial charge >= 0.3 is 11.9 Å². The van der Waals surface area contributed by atoms with Gasteiger partial charge in [0.05, 0.1) is 30.3 Å². The van der Waals surface area contributed by atoms with Gasteiger partial charge in [0.15, 0.2) is 5.69 Å². The number of fused-ring (bicyclic) bond motifs is 1. The van der Waals surface area contributed by atoms with Crippen molar-refractivity contribution in [2.75, 3.05) is 0 Å². The van der Waals surface area contributed by atoms with Crippen molar-refractivity contribution < 1.29 is 23.8 Å². The minimum Gasteiger partial charge on any atom is -0.477 e. The first-order valence-electron chi connectivity index (χ1n) is 12.4. The van der Waals surface area contributed by atoms with E-state index in [2.05, 4.69) is 15.9 Å². The van der Waals surface area contributed by atoms with Crippen molar-refractivity contribution in [1.29, 1.82) is 0 Å². The number of rotatable bonds is 7. The maximum Gasteiger partial charge on any atom is 0.354 e. The van der Waals surface area contributed by atoms with Gasteiger partial charge in [0.2, 0.25) is 0 Å². The second kappa shape index (κ2) is 9.49. The quantitative estimate of drug-likeness (QED) is 0.239. The van der Waals surface area contributed by atoms with Gasteiger partial charge in [0.1, 0.15) is 11.4 Å². The average molecular weight is 565 g/mol. The summed E-state index contributed by atoms with van der Waals surface area (Å²) in [5.74, 6) is -0.464. The van der Waals surface area contributed by atoms with Gasteiger partial charge in [-0.05, 0) is 78.4 Å². The number of carboxylic acids is 1. The van der Waals surface area contributed by atoms with E-state index in [1.165, 1.54) is 0 Å². The van der Waals surface area contributed by atoms with Crippen LogP contribution in [0.5, 0.6) is 0 Å². The number of carbonyl (C=O) groups is 2. The van der Waals surface area contributed by atoms with Crippen molar-refractivity contribution >= 4 is 27.9 Å². The number of carboxylic acid groups (broad SMARTS) is 1. The van der Waals surface area contributed by atoms with Gasteiger partial charge in [-0.25, -0.2) is 14.6 Å². The first-order chi connectivity index (χ1) is 17.6. The maximum atomic E-state index is 13.2. The molecule has 3 aliphatic rings. The van der Waals surface area contributed by atoms with Gasteiger partial charge in [0, 0.05) is 27.9 Å². The summed E-state index contributed by atoms with van der Waals surface area (Å²) in [7, 11) is 0. The van der Waals surface area contributed by atoms with Crippen LogP contribution in [0.1, 0.15) is 84.4 Å². The Kier molecular flexibility index (Phi) is 6.48. The molecule has 5 rings (SSSR count). The van der Waals surface area contributed by atoms with Gasteiger partial charge in [-0.15, -0.1) is 0 Å². The molecule has 1 saturated carbocycles. The fourth-order valence-corrected chi connectivity index (χ4v) is 5.60. The smallest absolute Gasteiger partial charge is 0.354 e. The number of nitrogens with zero attached hydrogens (tertiary/aromatic N) is 2. The Bertz CT molecular complexity index is 1470. The Morgan fingerprint density at radius 2 is 1.89 bits per heavy atom. The van der Waals surface area contributed by atoms with E-state index >= 15 is 0 Å². The summed E-state index contributed by atoms with van der Waals surface area (Å²) in [6.07, 6.45) is 5.78. The normalized spacial score (nSPS) is 13.8. The molecule has 0 bridgehead atoms. The molecule has 0 saturated heterocycles. The largest absolute Gasteiger partial charge is 0.477 e. The minimum atomic E-state index is -0.977. The van der Waals surface area contributed by atoms with Crippen LogP contribution in [0.3, 0.4) is 0 Å². The van der Waals surface area contributed by atoms with Crippen LogP contribution in [-0.2, 0) is 17.7 Å². The number of carbonyl (C=O) groups excluding carboxylic acids is 1. The molecular weight excluding hydrogens is 536 g/mol. The summed E-state index contributed by atoms with van der Waals surface area (Å²) < 4.78 is 13.8. The van der Waals surface area contributed by atoms with Crippen molar-refractivity contribution in [3.63, 3.8) is 0 Å². The molecule has 7 nitrogen and oxygen atoms in total. The highest BCUT2D eigenvalue weighted by Gasteiger charge is 2.35. The lowest BCUT2D eigenvalue weighted by molar-refractivity contribution is 0.00702. The van der Waals surface area contributed by atoms with Gasteiger partial charge in [-0.3, -0.25) is 0 Å². The summed E-state index contributed by atoms with van der Waals surface area (Å²) in [6, 6.07) is 9.21. The van der Waals surface area contributed by atoms with Crippen LogP contribution in [-0.4, -0.2) is 32.2 Å². The lowest BCUT2D eigenvalue weighted by Gasteiger charge is -2.21. The molecule has 8 heteroatoms. The number of aromatic nitrogens is 2. The van der Waals surface area contributed by atoms with Crippen molar-refractivity contribution in [3.8, 4) is 22.3 Å². The summed E-state index contributed by atoms with van der Waals surface area (Å²) in [5, 5.41) is 10.2. The lowest BCUT2D eigenvalue weighted by atomic mass is 9.97. The zero-order valence-corrected chi connectivity index (χ0v) is 22.9. The van der Waals surface area contributed by atoms with Crippen molar-refractivity contribution in [2.24, 2.45) is 0 Å². The third kappa shape index (κ3) is 4.70. The molecule has 1 aromatic heterocycles. The van der Waals surface area contributed by atoms with Crippen LogP contribution >= 0.6 is 15.9 Å². The number of imidazole rings is 1. The third-order valence-corrected chi connectivity index (χ3v) is 7.38. The number of ether oxygens (including phenoxy) is 1. The Balaban J connectivity index is 1.73. The van der Waals surface area contributed by atoms with Gasteiger partial charge in [-0.1, -0.05) is 25.1 Å². The molecule has 192 valence electrons. The van der Waals surface area contributed by atoms with Gasteiger partial charge < -0.3 is 18.8 Å². The highest BCUT2D eigenvalue weighted by Crippen LogP contribution is 2.48. The highest BCUT2D eigenvalue weighted by atomic mass is 79.9. The summed E-state index contributed by atoms with van der Waals surface area (Å²) in [5.41, 5.74) is 4.83. The molecule has 2 aromatic rings. The fourth-order valence-electron chi connectivity index (χ4n) is 4.84. The first kappa shape index (κ1) is 25.3. The molecule has 0 radical (unpaired) electrons. The van der Waals surface area contributed by atoms with Crippen molar-refractivity contribution in [3.05, 3.63) is 75.7 Å². The maximum absolute atomic E-state index is 13.2. The molecule has 2 heterocycles. The average Bonchev–Trinajstić information content (AvgIpc) is 3.57. The molecule has 2 aliphatic carbocycles. The van der Waals surface area contributed by atoms with E-state index in [9.17, 15) is 14.7 Å². The summed E-state index contributed by atoms with van der Waals surface area (Å²) in [4.78, 5) is 30.4. The number of hydrogen-bond acceptors (Lipinski definition) is 5. The van der Waals surface area contributed by atoms with Gasteiger partial charge in [-0.2, -0.15) is 0 Å². The molecular formula is C29H29BrN2O5. The second-order valence-electron chi connectivity index (χ2n) is 10.4. The second-order valence-corrected chi connectivity index (χ2v) is 11.2. The molecule has 0 unspecified atom stereocenters. The summed E-state index contributed by atoms with van der Waals surface area (Å²) in [6.45, 7) is 7.78. The van der Waals surface area contributed by atoms with E-state index < -0.39 is 17.5 Å². The Hall–Kier alpha value is -3.39. The fraction of sp³-hybridized carbons (Fsp3) is 0.345. The molecule has 37 heavy (non-hydrogen) atoms. The number of benzene rings is 1. The zero-order chi connectivity index (χ0) is 26.5. The molecule has 0 amide bonds. The van der Waals surface area contributed by atoms with Crippen LogP contribution in [0.25, 0.3) is 22.3 Å². The first-order valence-corrected chi connectivity index (χ1v) is 13.2. The van der Waals surface area contributed by atoms with Crippen molar-refractivity contribution in [2.45, 2.75) is 65.0 Å². The van der Waals surface area contributed by atoms with Crippen molar-refractivity contribution in [1.82, 2.24) is 9.55 Å². The Morgan fingerprint density at radius 3 is 2.54 bits per heavy atom. The third-order valence-electron chi connectivity index (χ3n) is 6.56. The standard InChI is InChI=1S/C29H29BrN2O5/c1-5-22-31-25(16-10-11-16)26(27(33)34)32(22)14-20-17-12-13-36-15-21(17)24(30)23(20)18-8-6-7-9-19(18)28(35)37-29(2,3)4/h6-9,12-13,15-16H,5,10-11,14H2,1-4H3,(H,33,34). The highest BCUT2D eigenvalue weighted by molar-refractivity contribution is 9.10. The SMILES string of the molecule is CCc1nc(C2CC2)c(C(=O)O)n1Cc1c2ccocc-2c(Br)c1-c1ccccc1C(=O)OC(C)(C)C. The number of aromatic carboxylic acids is 1. The van der Waals surface area contributed by atoms with E-state index in [4.69, 9.17) is 14.1 Å². The van der Waals surface area contributed by atoms with E-state index in [-0.39, 0.29) is 18.2 Å². The molecule has 1 N–H and O–H groups in total. The molecule has 1 fully saturated rings. The Labute approximate surface area is 223 Å². The van der Waals surface area contributed by atoms with Gasteiger partial charge in [0.25, 0.3) is 0 Å². The van der Waals surface area contributed by atoms with E-state index in [0.717, 1.165) is 45.4 Å². The molecule has 0 spiro atoms. The van der Waals surface area contributed by atoms with Crippen LogP contribution in [0.15, 0.2) is 51.7 Å². The Morgan fingerprint density at radius 1 is 1.16 bits per heavy atom. The topological polar surface area (TPSA) is 94.6 Å². The van der Waals surface area contributed by atoms with E-state index in [1.807, 2.05) is 56.5 Å². The minimum absolute atomic E-state index is 0.201. The number of hydrogen-bond donors (Lipinski definition) is 1. The molecule has 0 atom stereocenters. The van der Waals surface area contributed by atoms with Crippen LogP contribution in [0, 0.1) is 0 Å². The predicted molar refractivity (Wildman–Crippen MR) is 143 cm³/mol. The van der Waals surface area contributed by atoms with E-state index in [0.29, 0.717) is 23.2 Å². The lowest BCUT2D eigenvalue weighted by Crippen LogP contribution is -2.24. The number of esters is 1. The zero-order valence-electron chi connectivity index (χ0n) is 21.3. The van der Waals surface area contributed by atoms with E-state index in [1.54, 1.807) is 18.6 Å². The monoisotopic (exact) mass is 564 g/mol. The van der Waals surface area contributed by atoms with Crippen LogP contribution in [0.4, 0.5) is 0 Å².